The molecule has 0 fully saturated rings. The van der Waals surface area contributed by atoms with Gasteiger partial charge in [0, 0.05) is 38.3 Å². The molecule has 166 valence electrons. The lowest BCUT2D eigenvalue weighted by Gasteiger charge is -2.13. The van der Waals surface area contributed by atoms with Crippen LogP contribution in [0.2, 0.25) is 15.1 Å². The molecule has 3 aromatic carbocycles. The lowest BCUT2D eigenvalue weighted by molar-refractivity contribution is -0.117. The predicted octanol–water partition coefficient (Wildman–Crippen LogP) is 6.10. The fourth-order valence-corrected chi connectivity index (χ4v) is 4.81. The van der Waals surface area contributed by atoms with Crippen LogP contribution in [-0.4, -0.2) is 23.6 Å². The Bertz CT molecular complexity index is 1350. The van der Waals surface area contributed by atoms with Gasteiger partial charge in [0.1, 0.15) is 6.04 Å². The number of carbonyl (C=O) groups is 2. The van der Waals surface area contributed by atoms with Gasteiger partial charge in [0.2, 0.25) is 11.8 Å². The maximum atomic E-state index is 13.1. The van der Waals surface area contributed by atoms with Crippen LogP contribution in [0.25, 0.3) is 0 Å². The highest BCUT2D eigenvalue weighted by molar-refractivity contribution is 6.35. The van der Waals surface area contributed by atoms with Gasteiger partial charge in [0.15, 0.2) is 0 Å². The van der Waals surface area contributed by atoms with Crippen molar-refractivity contribution in [2.24, 2.45) is 4.99 Å². The van der Waals surface area contributed by atoms with Gasteiger partial charge in [-0.1, -0.05) is 53.0 Å². The van der Waals surface area contributed by atoms with Gasteiger partial charge in [-0.2, -0.15) is 0 Å². The van der Waals surface area contributed by atoms with Crippen molar-refractivity contribution in [2.75, 3.05) is 10.6 Å². The summed E-state index contributed by atoms with van der Waals surface area (Å²) in [5.41, 5.74) is 5.15. The minimum atomic E-state index is -0.730. The second-order valence-corrected chi connectivity index (χ2v) is 9.41. The van der Waals surface area contributed by atoms with Crippen LogP contribution in [0.4, 0.5) is 11.4 Å². The number of aliphatic imine (C=N–C) groups is 1. The first kappa shape index (κ1) is 22.0. The molecule has 8 heteroatoms. The van der Waals surface area contributed by atoms with Gasteiger partial charge >= 0.3 is 0 Å². The van der Waals surface area contributed by atoms with E-state index in [4.69, 9.17) is 39.8 Å². The summed E-state index contributed by atoms with van der Waals surface area (Å²) < 4.78 is 0. The quantitative estimate of drug-likeness (QED) is 0.458. The summed E-state index contributed by atoms with van der Waals surface area (Å²) in [6.07, 6.45) is 0.297. The number of anilines is 2. The Morgan fingerprint density at radius 3 is 2.36 bits per heavy atom. The van der Waals surface area contributed by atoms with Crippen LogP contribution in [-0.2, 0) is 16.0 Å². The zero-order valence-electron chi connectivity index (χ0n) is 17.5. The molecule has 0 spiro atoms. The van der Waals surface area contributed by atoms with Gasteiger partial charge in [0.05, 0.1) is 17.3 Å². The number of nitrogens with one attached hydrogen (secondary N) is 2. The molecular formula is C25H18Cl3N3O2. The first-order valence-electron chi connectivity index (χ1n) is 10.4. The molecule has 2 amide bonds. The molecule has 0 aromatic heterocycles. The molecule has 2 N–H and O–H groups in total. The third-order valence-electron chi connectivity index (χ3n) is 5.95. The molecule has 33 heavy (non-hydrogen) atoms. The molecule has 0 radical (unpaired) electrons. The van der Waals surface area contributed by atoms with Crippen molar-refractivity contribution in [1.82, 2.24) is 0 Å². The lowest BCUT2D eigenvalue weighted by Crippen LogP contribution is -2.27. The van der Waals surface area contributed by atoms with E-state index in [1.165, 1.54) is 0 Å². The maximum Gasteiger partial charge on any atom is 0.249 e. The Kier molecular flexibility index (Phi) is 5.65. The van der Waals surface area contributed by atoms with E-state index >= 15 is 0 Å². The van der Waals surface area contributed by atoms with Gasteiger partial charge in [-0.05, 0) is 54.4 Å². The van der Waals surface area contributed by atoms with Gasteiger partial charge in [-0.15, -0.1) is 0 Å². The number of hydrogen-bond acceptors (Lipinski definition) is 3. The topological polar surface area (TPSA) is 70.6 Å². The predicted molar refractivity (Wildman–Crippen MR) is 133 cm³/mol. The number of rotatable bonds is 3. The van der Waals surface area contributed by atoms with Crippen molar-refractivity contribution in [1.29, 1.82) is 0 Å². The minimum absolute atomic E-state index is 0.0412. The number of halogens is 3. The molecule has 5 nitrogen and oxygen atoms in total. The summed E-state index contributed by atoms with van der Waals surface area (Å²) in [7, 11) is 0. The van der Waals surface area contributed by atoms with Gasteiger partial charge < -0.3 is 10.6 Å². The van der Waals surface area contributed by atoms with Gasteiger partial charge in [0.25, 0.3) is 0 Å². The molecule has 0 aliphatic carbocycles. The monoisotopic (exact) mass is 497 g/mol. The van der Waals surface area contributed by atoms with Crippen molar-refractivity contribution in [3.8, 4) is 0 Å². The number of nitrogens with zero attached hydrogens (tertiary/aromatic N) is 1. The van der Waals surface area contributed by atoms with Crippen LogP contribution in [0, 0.1) is 0 Å². The maximum absolute atomic E-state index is 13.1. The highest BCUT2D eigenvalue weighted by Gasteiger charge is 2.30. The Morgan fingerprint density at radius 1 is 0.848 bits per heavy atom. The molecule has 0 bridgehead atoms. The number of fused-ring (bicyclic) bond motifs is 2. The van der Waals surface area contributed by atoms with E-state index in [0.717, 1.165) is 22.4 Å². The van der Waals surface area contributed by atoms with Crippen LogP contribution < -0.4 is 10.6 Å². The molecule has 2 aliphatic heterocycles. The molecule has 3 aromatic rings. The van der Waals surface area contributed by atoms with Crippen molar-refractivity contribution in [3.63, 3.8) is 0 Å². The van der Waals surface area contributed by atoms with Crippen molar-refractivity contribution < 1.29 is 9.59 Å². The highest BCUT2D eigenvalue weighted by atomic mass is 35.5. The number of hydrogen-bond donors (Lipinski definition) is 2. The zero-order valence-corrected chi connectivity index (χ0v) is 19.7. The molecule has 0 saturated carbocycles. The van der Waals surface area contributed by atoms with Crippen LogP contribution in [0.1, 0.15) is 35.1 Å². The van der Waals surface area contributed by atoms with E-state index < -0.39 is 6.04 Å². The van der Waals surface area contributed by atoms with E-state index in [0.29, 0.717) is 38.5 Å². The summed E-state index contributed by atoms with van der Waals surface area (Å²) in [5, 5.41) is 7.41. The molecular weight excluding hydrogens is 481 g/mol. The summed E-state index contributed by atoms with van der Waals surface area (Å²) in [6, 6.07) is 15.5. The first-order valence-corrected chi connectivity index (χ1v) is 11.5. The number of benzodiazepines with no additional fused rings is 1. The molecule has 2 aliphatic rings. The largest absolute Gasteiger partial charge is 0.325 e. The number of amides is 2. The summed E-state index contributed by atoms with van der Waals surface area (Å²) in [4.78, 5) is 30.1. The summed E-state index contributed by atoms with van der Waals surface area (Å²) in [6.45, 7) is 1.87. The average molecular weight is 499 g/mol. The minimum Gasteiger partial charge on any atom is -0.325 e. The number of benzene rings is 3. The molecule has 5 rings (SSSR count). The van der Waals surface area contributed by atoms with Crippen molar-refractivity contribution in [3.05, 3.63) is 91.9 Å². The smallest absolute Gasteiger partial charge is 0.249 e. The second kappa shape index (κ2) is 8.49. The second-order valence-electron chi connectivity index (χ2n) is 8.13. The normalized spacial score (nSPS) is 19.2. The fraction of sp³-hybridized carbons (Fsp3) is 0.160. The Hall–Kier alpha value is -2.86. The SMILES string of the molecule is CC1C(=O)Nc2cc(C3=NC(Cc4ccc(Cl)cc4Cl)C(=O)Nc4ccc(Cl)cc43)ccc21. The third kappa shape index (κ3) is 4.12. The van der Waals surface area contributed by atoms with E-state index in [2.05, 4.69) is 10.6 Å². The summed E-state index contributed by atoms with van der Waals surface area (Å²) >= 11 is 18.7. The van der Waals surface area contributed by atoms with Crippen LogP contribution in [0.5, 0.6) is 0 Å². The highest BCUT2D eigenvalue weighted by Crippen LogP contribution is 2.35. The first-order chi connectivity index (χ1) is 15.8. The van der Waals surface area contributed by atoms with E-state index in [-0.39, 0.29) is 17.7 Å². The Morgan fingerprint density at radius 2 is 1.58 bits per heavy atom. The molecule has 2 heterocycles. The Balaban J connectivity index is 1.63. The standard InChI is InChI=1S/C25H18Cl3N3O2/c1-12-17-6-3-14(9-21(17)31-24(12)32)23-18-10-15(26)5-7-20(18)30-25(33)22(29-23)8-13-2-4-16(27)11-19(13)28/h2-7,9-12,22H,8H2,1H3,(H,30,33)(H,31,32). The molecule has 2 atom stereocenters. The third-order valence-corrected chi connectivity index (χ3v) is 6.78. The summed E-state index contributed by atoms with van der Waals surface area (Å²) in [5.74, 6) is -0.502. The van der Waals surface area contributed by atoms with E-state index in [1.807, 2.05) is 25.1 Å². The lowest BCUT2D eigenvalue weighted by atomic mass is 9.96. The van der Waals surface area contributed by atoms with Crippen molar-refractivity contribution in [2.45, 2.75) is 25.3 Å². The van der Waals surface area contributed by atoms with Crippen molar-refractivity contribution >= 4 is 63.7 Å². The molecule has 0 saturated heterocycles. The fourth-order valence-electron chi connectivity index (χ4n) is 4.16. The zero-order chi connectivity index (χ0) is 23.3. The van der Waals surface area contributed by atoms with E-state index in [9.17, 15) is 9.59 Å². The van der Waals surface area contributed by atoms with Gasteiger partial charge in [-0.25, -0.2) is 0 Å². The van der Waals surface area contributed by atoms with E-state index in [1.54, 1.807) is 36.4 Å². The Labute approximate surface area is 205 Å². The average Bonchev–Trinajstić information content (AvgIpc) is 2.98. The van der Waals surface area contributed by atoms with Crippen LogP contribution in [0.3, 0.4) is 0 Å². The van der Waals surface area contributed by atoms with Crippen LogP contribution >= 0.6 is 34.8 Å². The van der Waals surface area contributed by atoms with Crippen LogP contribution in [0.15, 0.2) is 59.6 Å². The van der Waals surface area contributed by atoms with Gasteiger partial charge in [-0.3, -0.25) is 14.6 Å². The number of carbonyl (C=O) groups excluding carboxylic acids is 2. The molecule has 2 unspecified atom stereocenters.